The van der Waals surface area contributed by atoms with Crippen molar-refractivity contribution in [1.29, 1.82) is 0 Å². The molecule has 0 saturated carbocycles. The number of pyridine rings is 1. The summed E-state index contributed by atoms with van der Waals surface area (Å²) in [5.74, 6) is 0.536. The normalized spacial score (nSPS) is 20.4. The molecule has 41 heavy (non-hydrogen) atoms. The van der Waals surface area contributed by atoms with E-state index in [1.54, 1.807) is 29.1 Å². The molecule has 3 atom stereocenters. The topological polar surface area (TPSA) is 141 Å². The number of methoxy groups -OCH3 is 1. The maximum Gasteiger partial charge on any atom is 0.273 e. The smallest absolute Gasteiger partial charge is 0.273 e. The number of nitrogens with zero attached hydrogens (tertiary/aromatic N) is 6. The fraction of sp³-hybridized carbons (Fsp3) is 0.552. The van der Waals surface area contributed by atoms with E-state index in [1.165, 1.54) is 12.8 Å². The highest BCUT2D eigenvalue weighted by Crippen LogP contribution is 2.37. The maximum atomic E-state index is 13.8. The van der Waals surface area contributed by atoms with Gasteiger partial charge in [0.15, 0.2) is 5.76 Å². The van der Waals surface area contributed by atoms with Crippen LogP contribution in [0.25, 0.3) is 0 Å². The molecule has 5 heterocycles. The zero-order valence-electron chi connectivity index (χ0n) is 24.1. The Morgan fingerprint density at radius 3 is 2.63 bits per heavy atom. The van der Waals surface area contributed by atoms with Crippen molar-refractivity contribution in [2.45, 2.75) is 51.2 Å². The Morgan fingerprint density at radius 2 is 1.98 bits per heavy atom. The van der Waals surface area contributed by atoms with Gasteiger partial charge in [-0.05, 0) is 42.0 Å². The molecule has 0 aliphatic carbocycles. The summed E-state index contributed by atoms with van der Waals surface area (Å²) >= 11 is 0. The van der Waals surface area contributed by atoms with Crippen LogP contribution in [0.4, 0.5) is 5.69 Å². The second-order valence-electron chi connectivity index (χ2n) is 11.4. The van der Waals surface area contributed by atoms with E-state index < -0.39 is 18.1 Å². The molecule has 0 spiro atoms. The Labute approximate surface area is 239 Å². The Hall–Kier alpha value is -3.93. The van der Waals surface area contributed by atoms with E-state index in [1.807, 2.05) is 38.4 Å². The second kappa shape index (κ2) is 12.3. The third-order valence-corrected chi connectivity index (χ3v) is 8.17. The van der Waals surface area contributed by atoms with Crippen LogP contribution in [0.15, 0.2) is 41.3 Å². The molecule has 3 aromatic rings. The first-order valence-electron chi connectivity index (χ1n) is 14.2. The van der Waals surface area contributed by atoms with Gasteiger partial charge in [-0.2, -0.15) is 0 Å². The molecule has 2 aliphatic heterocycles. The minimum atomic E-state index is -0.703. The predicted octanol–water partition coefficient (Wildman–Crippen LogP) is 2.86. The molecular weight excluding hydrogens is 526 g/mol. The van der Waals surface area contributed by atoms with Gasteiger partial charge < -0.3 is 34.1 Å². The molecule has 2 fully saturated rings. The summed E-state index contributed by atoms with van der Waals surface area (Å²) in [6, 6.07) is 5.18. The van der Waals surface area contributed by atoms with Crippen molar-refractivity contribution in [1.82, 2.24) is 29.9 Å². The zero-order chi connectivity index (χ0) is 29.1. The van der Waals surface area contributed by atoms with Crippen molar-refractivity contribution >= 4 is 17.5 Å². The van der Waals surface area contributed by atoms with E-state index in [0.717, 1.165) is 25.9 Å². The summed E-state index contributed by atoms with van der Waals surface area (Å²) in [7, 11) is 3.29. The van der Waals surface area contributed by atoms with E-state index in [4.69, 9.17) is 9.26 Å². The Bertz CT molecular complexity index is 1320. The van der Waals surface area contributed by atoms with Gasteiger partial charge in [0.05, 0.1) is 19.3 Å². The van der Waals surface area contributed by atoms with Gasteiger partial charge in [0.25, 0.3) is 11.8 Å². The van der Waals surface area contributed by atoms with Crippen molar-refractivity contribution < 1.29 is 24.0 Å². The van der Waals surface area contributed by atoms with Gasteiger partial charge in [-0.25, -0.2) is 4.98 Å². The monoisotopic (exact) mass is 565 g/mol. The van der Waals surface area contributed by atoms with Crippen LogP contribution in [-0.2, 0) is 4.79 Å². The first kappa shape index (κ1) is 28.6. The quantitative estimate of drug-likeness (QED) is 0.401. The molecule has 1 unspecified atom stereocenters. The number of aromatic nitrogens is 4. The van der Waals surface area contributed by atoms with Crippen LogP contribution in [-0.4, -0.2) is 93.3 Å². The van der Waals surface area contributed by atoms with E-state index in [9.17, 15) is 14.7 Å². The Morgan fingerprint density at radius 1 is 1.24 bits per heavy atom. The van der Waals surface area contributed by atoms with Crippen LogP contribution in [0.3, 0.4) is 0 Å². The van der Waals surface area contributed by atoms with Gasteiger partial charge in [-0.1, -0.05) is 13.8 Å². The van der Waals surface area contributed by atoms with Crippen LogP contribution in [0.5, 0.6) is 5.88 Å². The van der Waals surface area contributed by atoms with E-state index in [0.29, 0.717) is 42.0 Å². The minimum Gasteiger partial charge on any atom is -0.479 e. The molecule has 2 saturated heterocycles. The molecule has 2 aliphatic rings. The fourth-order valence-corrected chi connectivity index (χ4v) is 5.96. The number of aliphatic hydroxyl groups excluding tert-OH is 1. The average Bonchev–Trinajstić information content (AvgIpc) is 3.73. The summed E-state index contributed by atoms with van der Waals surface area (Å²) < 4.78 is 10.5. The molecule has 0 bridgehead atoms. The molecule has 12 nitrogen and oxygen atoms in total. The van der Waals surface area contributed by atoms with Gasteiger partial charge in [-0.15, -0.1) is 0 Å². The number of hydrogen-bond acceptors (Lipinski definition) is 9. The van der Waals surface area contributed by atoms with E-state index in [2.05, 4.69) is 25.0 Å². The molecule has 3 aromatic heterocycles. The first-order valence-corrected chi connectivity index (χ1v) is 14.2. The van der Waals surface area contributed by atoms with Crippen molar-refractivity contribution in [2.75, 3.05) is 45.2 Å². The predicted molar refractivity (Wildman–Crippen MR) is 150 cm³/mol. The van der Waals surface area contributed by atoms with Crippen LogP contribution in [0.2, 0.25) is 0 Å². The molecule has 2 N–H and O–H groups in total. The van der Waals surface area contributed by atoms with Crippen LogP contribution in [0.1, 0.15) is 67.1 Å². The Kier molecular flexibility index (Phi) is 8.57. The number of anilines is 1. The number of likely N-dealkylation sites (tertiary alicyclic amines) is 1. The number of aliphatic hydroxyl groups is 1. The summed E-state index contributed by atoms with van der Waals surface area (Å²) in [6.45, 7) is 6.56. The number of aromatic amines is 1. The number of H-pyrrole nitrogens is 1. The lowest BCUT2D eigenvalue weighted by atomic mass is 9.91. The highest BCUT2D eigenvalue weighted by atomic mass is 16.5. The maximum absolute atomic E-state index is 13.8. The largest absolute Gasteiger partial charge is 0.479 e. The van der Waals surface area contributed by atoms with Crippen LogP contribution < -0.4 is 9.64 Å². The number of nitrogens with one attached hydrogen (secondary N) is 1. The number of carbonyl (C=O) groups is 2. The minimum absolute atomic E-state index is 0.0856. The number of amides is 2. The number of piperidine rings is 1. The number of hydrogen-bond donors (Lipinski definition) is 2. The standard InChI is InChI=1S/C29H39N7O5/c1-18(2)26(24-14-25(40-4)33-41-24)29(39)36-17-21(37)13-23(36)27-31-15-22(32-27)28(38)34(3)16-19-7-11-35(12-8-19)20-5-9-30-10-6-20/h5-6,9-10,14-15,18-19,21,23,26,37H,7-8,11-13,16-17H2,1-4H3,(H,31,32)/t21-,23+,26?/m1/s1. The van der Waals surface area contributed by atoms with Crippen molar-refractivity contribution in [2.24, 2.45) is 11.8 Å². The number of ether oxygens (including phenoxy) is 1. The van der Waals surface area contributed by atoms with E-state index in [-0.39, 0.29) is 24.3 Å². The van der Waals surface area contributed by atoms with Gasteiger partial charge in [-0.3, -0.25) is 14.6 Å². The molecule has 12 heteroatoms. The van der Waals surface area contributed by atoms with Gasteiger partial charge in [0, 0.05) is 70.0 Å². The highest BCUT2D eigenvalue weighted by Gasteiger charge is 2.42. The van der Waals surface area contributed by atoms with Gasteiger partial charge in [0.2, 0.25) is 5.91 Å². The lowest BCUT2D eigenvalue weighted by molar-refractivity contribution is -0.135. The highest BCUT2D eigenvalue weighted by molar-refractivity contribution is 5.92. The number of β-amino-alcohol motifs (C(OH)–C–C–N with tert-alkyl or cyclic N) is 1. The average molecular weight is 566 g/mol. The molecule has 2 amide bonds. The third kappa shape index (κ3) is 6.22. The lowest BCUT2D eigenvalue weighted by Gasteiger charge is -2.35. The Balaban J connectivity index is 1.23. The summed E-state index contributed by atoms with van der Waals surface area (Å²) in [4.78, 5) is 44.6. The summed E-state index contributed by atoms with van der Waals surface area (Å²) in [5, 5.41) is 14.4. The number of imidazole rings is 1. The summed E-state index contributed by atoms with van der Waals surface area (Å²) in [5.41, 5.74) is 1.47. The molecule has 220 valence electrons. The summed E-state index contributed by atoms with van der Waals surface area (Å²) in [6.07, 6.45) is 6.82. The van der Waals surface area contributed by atoms with Crippen molar-refractivity contribution in [3.63, 3.8) is 0 Å². The van der Waals surface area contributed by atoms with Crippen LogP contribution >= 0.6 is 0 Å². The molecule has 0 aromatic carbocycles. The van der Waals surface area contributed by atoms with Gasteiger partial charge >= 0.3 is 0 Å². The fourth-order valence-electron chi connectivity index (χ4n) is 5.96. The third-order valence-electron chi connectivity index (χ3n) is 8.17. The number of rotatable bonds is 9. The zero-order valence-corrected chi connectivity index (χ0v) is 24.1. The number of carbonyl (C=O) groups excluding carboxylic acids is 2. The molecular formula is C29H39N7O5. The second-order valence-corrected chi connectivity index (χ2v) is 11.4. The van der Waals surface area contributed by atoms with E-state index >= 15 is 0 Å². The van der Waals surface area contributed by atoms with Crippen molar-refractivity contribution in [3.05, 3.63) is 54.1 Å². The molecule has 0 radical (unpaired) electrons. The van der Waals surface area contributed by atoms with Crippen molar-refractivity contribution in [3.8, 4) is 5.88 Å². The van der Waals surface area contributed by atoms with Gasteiger partial charge in [0.1, 0.15) is 17.4 Å². The molecule has 5 rings (SSSR count). The SMILES string of the molecule is COc1cc(C(C(=O)N2C[C@H](O)C[C@H]2c2nc(C(=O)N(C)CC3CCN(c4ccncc4)CC3)c[nH]2)C(C)C)on1. The first-order chi connectivity index (χ1) is 19.7. The van der Waals surface area contributed by atoms with Crippen LogP contribution in [0, 0.1) is 11.8 Å². The lowest BCUT2D eigenvalue weighted by Crippen LogP contribution is -2.39.